The first kappa shape index (κ1) is 14.1. The zero-order valence-electron chi connectivity index (χ0n) is 11.9. The average molecular weight is 277 g/mol. The molecule has 0 aromatic carbocycles. The second kappa shape index (κ2) is 5.77. The summed E-state index contributed by atoms with van der Waals surface area (Å²) in [4.78, 5) is 15.9. The quantitative estimate of drug-likeness (QED) is 0.828. The molecule has 2 N–H and O–H groups in total. The topological polar surface area (TPSA) is 88.0 Å². The van der Waals surface area contributed by atoms with Crippen molar-refractivity contribution in [3.05, 3.63) is 30.1 Å². The van der Waals surface area contributed by atoms with E-state index in [1.165, 1.54) is 13.4 Å². The molecular weight excluding hydrogens is 258 g/mol. The van der Waals surface area contributed by atoms with E-state index < -0.39 is 5.97 Å². The normalized spacial score (nSPS) is 11.0. The number of carbonyl (C=O) groups is 1. The van der Waals surface area contributed by atoms with E-state index in [4.69, 9.17) is 10.5 Å². The molecular formula is C13H19N5O2. The van der Waals surface area contributed by atoms with Gasteiger partial charge in [-0.05, 0) is 12.0 Å². The Kier molecular flexibility index (Phi) is 4.07. The molecule has 0 unspecified atom stereocenters. The predicted molar refractivity (Wildman–Crippen MR) is 74.1 cm³/mol. The summed E-state index contributed by atoms with van der Waals surface area (Å²) < 4.78 is 8.31. The van der Waals surface area contributed by atoms with Gasteiger partial charge in [-0.1, -0.05) is 13.8 Å². The largest absolute Gasteiger partial charge is 0.464 e. The van der Waals surface area contributed by atoms with E-state index in [-0.39, 0.29) is 0 Å². The van der Waals surface area contributed by atoms with Crippen molar-refractivity contribution in [2.45, 2.75) is 26.9 Å². The fraction of sp³-hybridized carbons (Fsp3) is 0.462. The maximum Gasteiger partial charge on any atom is 0.354 e. The van der Waals surface area contributed by atoms with Crippen molar-refractivity contribution >= 4 is 11.7 Å². The number of nitrogens with zero attached hydrogens (tertiary/aromatic N) is 4. The second-order valence-electron chi connectivity index (χ2n) is 5.03. The first-order valence-corrected chi connectivity index (χ1v) is 6.42. The second-order valence-corrected chi connectivity index (χ2v) is 5.03. The molecule has 2 aromatic heterocycles. The Labute approximate surface area is 117 Å². The molecule has 20 heavy (non-hydrogen) atoms. The van der Waals surface area contributed by atoms with E-state index >= 15 is 0 Å². The highest BCUT2D eigenvalue weighted by Gasteiger charge is 2.15. The monoisotopic (exact) mass is 277 g/mol. The van der Waals surface area contributed by atoms with Gasteiger partial charge in [0.1, 0.15) is 17.8 Å². The van der Waals surface area contributed by atoms with Crippen molar-refractivity contribution < 1.29 is 9.53 Å². The van der Waals surface area contributed by atoms with Crippen LogP contribution >= 0.6 is 0 Å². The molecule has 7 nitrogen and oxygen atoms in total. The third kappa shape index (κ3) is 2.98. The van der Waals surface area contributed by atoms with E-state index in [0.29, 0.717) is 23.8 Å². The first-order chi connectivity index (χ1) is 9.51. The number of carbonyl (C=O) groups excluding carboxylic acids is 1. The molecule has 0 atom stereocenters. The van der Waals surface area contributed by atoms with Gasteiger partial charge >= 0.3 is 5.97 Å². The summed E-state index contributed by atoms with van der Waals surface area (Å²) in [6.45, 7) is 5.42. The zero-order valence-corrected chi connectivity index (χ0v) is 11.9. The molecule has 0 bridgehead atoms. The summed E-state index contributed by atoms with van der Waals surface area (Å²) in [6, 6.07) is 1.59. The number of anilines is 1. The number of nitrogen functional groups attached to an aromatic ring is 1. The van der Waals surface area contributed by atoms with Crippen LogP contribution in [0.1, 0.15) is 30.2 Å². The lowest BCUT2D eigenvalue weighted by Crippen LogP contribution is -2.16. The highest BCUT2D eigenvalue weighted by molar-refractivity contribution is 5.89. The predicted octanol–water partition coefficient (Wildman–Crippen LogP) is 1.15. The number of methoxy groups -OCH3 is 1. The van der Waals surface area contributed by atoms with E-state index in [1.807, 2.05) is 4.68 Å². The minimum absolute atomic E-state index is 0.407. The van der Waals surface area contributed by atoms with Gasteiger partial charge in [-0.25, -0.2) is 14.5 Å². The van der Waals surface area contributed by atoms with E-state index in [2.05, 4.69) is 23.9 Å². The SMILES string of the molecule is COC(=O)c1cc(N)cn1Cc1ncnn1CC(C)C. The number of hydrogen-bond donors (Lipinski definition) is 1. The van der Waals surface area contributed by atoms with Crippen molar-refractivity contribution in [2.24, 2.45) is 5.92 Å². The van der Waals surface area contributed by atoms with Gasteiger partial charge in [0, 0.05) is 12.7 Å². The van der Waals surface area contributed by atoms with Crippen LogP contribution in [0.5, 0.6) is 0 Å². The molecule has 0 saturated carbocycles. The van der Waals surface area contributed by atoms with Crippen LogP contribution in [-0.4, -0.2) is 32.4 Å². The van der Waals surface area contributed by atoms with E-state index in [0.717, 1.165) is 12.4 Å². The summed E-state index contributed by atoms with van der Waals surface area (Å²) in [5, 5.41) is 4.20. The molecule has 2 heterocycles. The van der Waals surface area contributed by atoms with Crippen LogP contribution < -0.4 is 5.73 Å². The van der Waals surface area contributed by atoms with Crippen LogP contribution in [-0.2, 0) is 17.8 Å². The fourth-order valence-electron chi connectivity index (χ4n) is 2.00. The number of rotatable bonds is 5. The van der Waals surface area contributed by atoms with Gasteiger partial charge in [-0.15, -0.1) is 0 Å². The maximum absolute atomic E-state index is 11.7. The van der Waals surface area contributed by atoms with Crippen molar-refractivity contribution in [3.63, 3.8) is 0 Å². The van der Waals surface area contributed by atoms with Gasteiger partial charge in [0.25, 0.3) is 0 Å². The number of hydrogen-bond acceptors (Lipinski definition) is 5. The molecule has 0 spiro atoms. The minimum atomic E-state index is -0.420. The molecule has 0 amide bonds. The molecule has 108 valence electrons. The number of ether oxygens (including phenoxy) is 1. The Morgan fingerprint density at radius 3 is 2.90 bits per heavy atom. The van der Waals surface area contributed by atoms with Crippen LogP contribution in [0, 0.1) is 5.92 Å². The summed E-state index contributed by atoms with van der Waals surface area (Å²) in [6.07, 6.45) is 3.21. The highest BCUT2D eigenvalue weighted by atomic mass is 16.5. The zero-order chi connectivity index (χ0) is 14.7. The first-order valence-electron chi connectivity index (χ1n) is 6.42. The molecule has 0 aliphatic heterocycles. The van der Waals surface area contributed by atoms with Crippen LogP contribution in [0.3, 0.4) is 0 Å². The molecule has 0 aliphatic carbocycles. The number of esters is 1. The van der Waals surface area contributed by atoms with Crippen molar-refractivity contribution in [1.82, 2.24) is 19.3 Å². The van der Waals surface area contributed by atoms with Crippen molar-refractivity contribution in [3.8, 4) is 0 Å². The smallest absolute Gasteiger partial charge is 0.354 e. The van der Waals surface area contributed by atoms with Gasteiger partial charge in [0.05, 0.1) is 19.3 Å². The minimum Gasteiger partial charge on any atom is -0.464 e. The van der Waals surface area contributed by atoms with Crippen LogP contribution in [0.25, 0.3) is 0 Å². The van der Waals surface area contributed by atoms with Gasteiger partial charge in [-0.2, -0.15) is 5.10 Å². The van der Waals surface area contributed by atoms with Gasteiger partial charge < -0.3 is 15.0 Å². The highest BCUT2D eigenvalue weighted by Crippen LogP contribution is 2.14. The molecule has 0 saturated heterocycles. The van der Waals surface area contributed by atoms with Crippen LogP contribution in [0.15, 0.2) is 18.6 Å². The Bertz CT molecular complexity index is 600. The lowest BCUT2D eigenvalue weighted by molar-refractivity contribution is 0.0589. The van der Waals surface area contributed by atoms with E-state index in [9.17, 15) is 4.79 Å². The summed E-state index contributed by atoms with van der Waals surface area (Å²) in [5.41, 5.74) is 6.67. The maximum atomic E-state index is 11.7. The molecule has 0 radical (unpaired) electrons. The summed E-state index contributed by atoms with van der Waals surface area (Å²) in [7, 11) is 1.34. The lowest BCUT2D eigenvalue weighted by atomic mass is 10.2. The molecule has 0 aliphatic rings. The van der Waals surface area contributed by atoms with Crippen LogP contribution in [0.2, 0.25) is 0 Å². The Morgan fingerprint density at radius 1 is 1.50 bits per heavy atom. The molecule has 7 heteroatoms. The van der Waals surface area contributed by atoms with Gasteiger partial charge in [0.15, 0.2) is 0 Å². The summed E-state index contributed by atoms with van der Waals surface area (Å²) in [5.74, 6) is 0.821. The van der Waals surface area contributed by atoms with Gasteiger partial charge in [-0.3, -0.25) is 0 Å². The Balaban J connectivity index is 2.26. The van der Waals surface area contributed by atoms with Crippen molar-refractivity contribution in [1.29, 1.82) is 0 Å². The molecule has 2 rings (SSSR count). The lowest BCUT2D eigenvalue weighted by Gasteiger charge is -2.10. The Morgan fingerprint density at radius 2 is 2.25 bits per heavy atom. The molecule has 0 fully saturated rings. The third-order valence-corrected chi connectivity index (χ3v) is 2.86. The molecule has 2 aromatic rings. The standard InChI is InChI=1S/C13H19N5O2/c1-9(2)5-18-12(15-8-16-18)7-17-6-10(14)4-11(17)13(19)20-3/h4,6,8-9H,5,7,14H2,1-3H3. The fourth-order valence-corrected chi connectivity index (χ4v) is 2.00. The van der Waals surface area contributed by atoms with Crippen molar-refractivity contribution in [2.75, 3.05) is 12.8 Å². The average Bonchev–Trinajstić information content (AvgIpc) is 2.96. The summed E-state index contributed by atoms with van der Waals surface area (Å²) >= 11 is 0. The van der Waals surface area contributed by atoms with Gasteiger partial charge in [0.2, 0.25) is 0 Å². The third-order valence-electron chi connectivity index (χ3n) is 2.86. The van der Waals surface area contributed by atoms with E-state index in [1.54, 1.807) is 16.8 Å². The Hall–Kier alpha value is -2.31. The van der Waals surface area contributed by atoms with Crippen LogP contribution in [0.4, 0.5) is 5.69 Å². The number of aromatic nitrogens is 4. The number of nitrogens with two attached hydrogens (primary N) is 1.